The maximum absolute atomic E-state index is 13.5. The summed E-state index contributed by atoms with van der Waals surface area (Å²) >= 11 is 0. The van der Waals surface area contributed by atoms with Crippen LogP contribution in [-0.4, -0.2) is 22.1 Å². The van der Waals surface area contributed by atoms with E-state index in [1.807, 2.05) is 41.1 Å². The summed E-state index contributed by atoms with van der Waals surface area (Å²) in [7, 11) is -2.36. The van der Waals surface area contributed by atoms with Gasteiger partial charge in [0, 0.05) is 12.3 Å². The molecule has 2 rings (SSSR count). The maximum Gasteiger partial charge on any atom is 0.133 e. The predicted octanol–water partition coefficient (Wildman–Crippen LogP) is 4.46. The second kappa shape index (κ2) is 7.61. The Morgan fingerprint density at radius 2 is 1.62 bits per heavy atom. The van der Waals surface area contributed by atoms with Gasteiger partial charge in [0.1, 0.15) is 12.6 Å². The summed E-state index contributed by atoms with van der Waals surface area (Å²) in [6.45, 7) is 4.30. The van der Waals surface area contributed by atoms with Gasteiger partial charge in [-0.15, -0.1) is 0 Å². The Hall–Kier alpha value is -1.34. The highest BCUT2D eigenvalue weighted by molar-refractivity contribution is 7.71. The normalized spacial score (nSPS) is 11.7. The van der Waals surface area contributed by atoms with Crippen molar-refractivity contribution in [1.82, 2.24) is 9.78 Å². The summed E-state index contributed by atoms with van der Waals surface area (Å²) < 4.78 is 15.4. The smallest absolute Gasteiger partial charge is 0.133 e. The number of unbranched alkanes of at least 4 members (excludes halogenated alkanes) is 2. The first-order valence-corrected chi connectivity index (χ1v) is 9.97. The third kappa shape index (κ3) is 3.85. The SMILES string of the molecule is CCCCP(=O)(CCCC)c1ccnn1-c1ccccc1. The molecule has 0 N–H and O–H groups in total. The summed E-state index contributed by atoms with van der Waals surface area (Å²) in [4.78, 5) is 0. The van der Waals surface area contributed by atoms with E-state index in [2.05, 4.69) is 18.9 Å². The molecule has 4 heteroatoms. The van der Waals surface area contributed by atoms with Crippen LogP contribution in [0.5, 0.6) is 0 Å². The monoisotopic (exact) mass is 304 g/mol. The molecule has 0 fully saturated rings. The molecule has 0 amide bonds. The molecule has 2 aromatic rings. The first kappa shape index (κ1) is 16.0. The molecule has 0 bridgehead atoms. The number of rotatable bonds is 8. The molecule has 0 aliphatic rings. The van der Waals surface area contributed by atoms with E-state index in [0.717, 1.165) is 49.1 Å². The lowest BCUT2D eigenvalue weighted by molar-refractivity contribution is 0.575. The minimum atomic E-state index is -2.36. The van der Waals surface area contributed by atoms with Crippen LogP contribution in [-0.2, 0) is 4.57 Å². The van der Waals surface area contributed by atoms with Gasteiger partial charge in [-0.1, -0.05) is 44.9 Å². The van der Waals surface area contributed by atoms with Crippen molar-refractivity contribution in [3.8, 4) is 5.69 Å². The first-order valence-electron chi connectivity index (χ1n) is 7.89. The minimum absolute atomic E-state index is 0.794. The fourth-order valence-electron chi connectivity index (χ4n) is 2.54. The predicted molar refractivity (Wildman–Crippen MR) is 90.4 cm³/mol. The molecule has 1 aromatic carbocycles. The fraction of sp³-hybridized carbons (Fsp3) is 0.471. The van der Waals surface area contributed by atoms with Crippen molar-refractivity contribution in [3.63, 3.8) is 0 Å². The number of nitrogens with zero attached hydrogens (tertiary/aromatic N) is 2. The Bertz CT molecular complexity index is 580. The summed E-state index contributed by atoms with van der Waals surface area (Å²) in [5.74, 6) is 0. The second-order valence-corrected chi connectivity index (χ2v) is 8.61. The van der Waals surface area contributed by atoms with Gasteiger partial charge in [-0.2, -0.15) is 5.10 Å². The molecule has 0 unspecified atom stereocenters. The average Bonchev–Trinajstić information content (AvgIpc) is 3.02. The van der Waals surface area contributed by atoms with Crippen LogP contribution in [0.3, 0.4) is 0 Å². The van der Waals surface area contributed by atoms with Gasteiger partial charge in [0.05, 0.1) is 11.9 Å². The highest BCUT2D eigenvalue weighted by Gasteiger charge is 2.27. The van der Waals surface area contributed by atoms with Crippen LogP contribution >= 0.6 is 7.14 Å². The highest BCUT2D eigenvalue weighted by atomic mass is 31.2. The molecule has 21 heavy (non-hydrogen) atoms. The molecule has 0 radical (unpaired) electrons. The number of benzene rings is 1. The quantitative estimate of drug-likeness (QED) is 0.675. The molecule has 0 saturated heterocycles. The Balaban J connectivity index is 2.37. The molecular weight excluding hydrogens is 279 g/mol. The van der Waals surface area contributed by atoms with Gasteiger partial charge >= 0.3 is 0 Å². The van der Waals surface area contributed by atoms with Crippen molar-refractivity contribution in [2.24, 2.45) is 0 Å². The van der Waals surface area contributed by atoms with E-state index in [0.29, 0.717) is 0 Å². The topological polar surface area (TPSA) is 34.9 Å². The third-order valence-electron chi connectivity index (χ3n) is 3.79. The Morgan fingerprint density at radius 1 is 1.00 bits per heavy atom. The van der Waals surface area contributed by atoms with Crippen LogP contribution in [0.1, 0.15) is 39.5 Å². The number of aromatic nitrogens is 2. The molecule has 0 spiro atoms. The molecule has 0 saturated carbocycles. The molecule has 1 heterocycles. The van der Waals surface area contributed by atoms with Crippen molar-refractivity contribution >= 4 is 12.6 Å². The summed E-state index contributed by atoms with van der Waals surface area (Å²) in [5.41, 5.74) is 1.90. The molecule has 1 aromatic heterocycles. The molecule has 0 atom stereocenters. The van der Waals surface area contributed by atoms with Gasteiger partial charge < -0.3 is 4.57 Å². The van der Waals surface area contributed by atoms with Crippen molar-refractivity contribution in [1.29, 1.82) is 0 Å². The Kier molecular flexibility index (Phi) is 5.81. The Morgan fingerprint density at radius 3 is 2.19 bits per heavy atom. The summed E-state index contributed by atoms with van der Waals surface area (Å²) in [5, 5.41) is 4.41. The van der Waals surface area contributed by atoms with Crippen molar-refractivity contribution < 1.29 is 4.57 Å². The van der Waals surface area contributed by atoms with Crippen LogP contribution < -0.4 is 5.44 Å². The zero-order valence-corrected chi connectivity index (χ0v) is 13.9. The molecule has 3 nitrogen and oxygen atoms in total. The van der Waals surface area contributed by atoms with Gasteiger partial charge in [-0.25, -0.2) is 4.68 Å². The highest BCUT2D eigenvalue weighted by Crippen LogP contribution is 2.46. The van der Waals surface area contributed by atoms with Gasteiger partial charge in [0.25, 0.3) is 0 Å². The summed E-state index contributed by atoms with van der Waals surface area (Å²) in [6, 6.07) is 11.9. The van der Waals surface area contributed by atoms with Crippen LogP contribution in [0.25, 0.3) is 5.69 Å². The van der Waals surface area contributed by atoms with Gasteiger partial charge in [0.15, 0.2) is 0 Å². The molecule has 0 aliphatic heterocycles. The Labute approximate surface area is 127 Å². The van der Waals surface area contributed by atoms with Crippen molar-refractivity contribution in [2.45, 2.75) is 39.5 Å². The zero-order valence-electron chi connectivity index (χ0n) is 13.0. The first-order chi connectivity index (χ1) is 10.2. The van der Waals surface area contributed by atoms with E-state index in [-0.39, 0.29) is 0 Å². The van der Waals surface area contributed by atoms with Crippen molar-refractivity contribution in [3.05, 3.63) is 42.6 Å². The molecular formula is C17H25N2OP. The van der Waals surface area contributed by atoms with E-state index >= 15 is 0 Å². The second-order valence-electron chi connectivity index (χ2n) is 5.48. The average molecular weight is 304 g/mol. The standard InChI is InChI=1S/C17H25N2OP/c1-3-5-14-21(20,15-6-4-2)17-12-13-18-19(17)16-10-8-7-9-11-16/h7-13H,3-6,14-15H2,1-2H3. The van der Waals surface area contributed by atoms with E-state index in [1.165, 1.54) is 0 Å². The number of hydrogen-bond acceptors (Lipinski definition) is 2. The van der Waals surface area contributed by atoms with E-state index in [9.17, 15) is 4.57 Å². The number of para-hydroxylation sites is 1. The summed E-state index contributed by atoms with van der Waals surface area (Å²) in [6.07, 6.45) is 7.55. The lowest BCUT2D eigenvalue weighted by atomic mass is 10.3. The van der Waals surface area contributed by atoms with Crippen LogP contribution in [0.15, 0.2) is 42.6 Å². The van der Waals surface area contributed by atoms with Gasteiger partial charge in [0.2, 0.25) is 0 Å². The van der Waals surface area contributed by atoms with Crippen LogP contribution in [0.2, 0.25) is 0 Å². The molecule has 114 valence electrons. The van der Waals surface area contributed by atoms with Crippen LogP contribution in [0, 0.1) is 0 Å². The molecule has 0 aliphatic carbocycles. The van der Waals surface area contributed by atoms with Gasteiger partial charge in [-0.05, 0) is 31.0 Å². The maximum atomic E-state index is 13.5. The van der Waals surface area contributed by atoms with E-state index in [1.54, 1.807) is 6.20 Å². The minimum Gasteiger partial charge on any atom is -0.317 e. The van der Waals surface area contributed by atoms with E-state index < -0.39 is 7.14 Å². The lowest BCUT2D eigenvalue weighted by Gasteiger charge is -2.19. The fourth-order valence-corrected chi connectivity index (χ4v) is 5.73. The number of hydrogen-bond donors (Lipinski definition) is 0. The van der Waals surface area contributed by atoms with E-state index in [4.69, 9.17) is 0 Å². The zero-order chi connectivity index (χ0) is 15.1. The van der Waals surface area contributed by atoms with Gasteiger partial charge in [-0.3, -0.25) is 0 Å². The van der Waals surface area contributed by atoms with Crippen LogP contribution in [0.4, 0.5) is 0 Å². The lowest BCUT2D eigenvalue weighted by Crippen LogP contribution is -2.20. The largest absolute Gasteiger partial charge is 0.317 e. The van der Waals surface area contributed by atoms with Crippen molar-refractivity contribution in [2.75, 3.05) is 12.3 Å². The third-order valence-corrected chi connectivity index (χ3v) is 7.04.